The first-order chi connectivity index (χ1) is 6.67. The van der Waals surface area contributed by atoms with Crippen molar-refractivity contribution in [3.63, 3.8) is 0 Å². The maximum atomic E-state index is 11.0. The smallest absolute Gasteiger partial charge is 0.220 e. The molecule has 1 N–H and O–H groups in total. The van der Waals surface area contributed by atoms with Crippen molar-refractivity contribution in [2.24, 2.45) is 0 Å². The lowest BCUT2D eigenvalue weighted by Crippen LogP contribution is -2.21. The Hall–Kier alpha value is -0.840. The zero-order valence-electron chi connectivity index (χ0n) is 8.38. The third kappa shape index (κ3) is 2.83. The molecule has 1 heterocycles. The van der Waals surface area contributed by atoms with Crippen LogP contribution in [0.1, 0.15) is 26.0 Å². The lowest BCUT2D eigenvalue weighted by Gasteiger charge is -2.00. The van der Waals surface area contributed by atoms with E-state index in [0.29, 0.717) is 13.0 Å². The summed E-state index contributed by atoms with van der Waals surface area (Å²) in [5.74, 6) is 0.0444. The fourth-order valence-corrected chi connectivity index (χ4v) is 1.48. The summed E-state index contributed by atoms with van der Waals surface area (Å²) in [5.41, 5.74) is 0.869. The van der Waals surface area contributed by atoms with Crippen LogP contribution in [0.25, 0.3) is 0 Å². The van der Waals surface area contributed by atoms with Crippen molar-refractivity contribution in [1.29, 1.82) is 0 Å². The van der Waals surface area contributed by atoms with E-state index in [1.54, 1.807) is 0 Å². The van der Waals surface area contributed by atoms with Gasteiger partial charge in [0.2, 0.25) is 5.91 Å². The molecular formula is C9H14BrN3O. The van der Waals surface area contributed by atoms with E-state index in [9.17, 15) is 4.79 Å². The van der Waals surface area contributed by atoms with E-state index in [0.717, 1.165) is 16.7 Å². The number of nitrogens with one attached hydrogen (secondary N) is 1. The Morgan fingerprint density at radius 2 is 2.36 bits per heavy atom. The van der Waals surface area contributed by atoms with Gasteiger partial charge in [-0.1, -0.05) is 6.92 Å². The molecule has 0 atom stereocenters. The number of amides is 1. The summed E-state index contributed by atoms with van der Waals surface area (Å²) in [5, 5.41) is 7.07. The number of rotatable bonds is 4. The van der Waals surface area contributed by atoms with Gasteiger partial charge in [-0.25, -0.2) is 0 Å². The number of halogens is 1. The maximum Gasteiger partial charge on any atom is 0.220 e. The number of nitrogens with zero attached hydrogens (tertiary/aromatic N) is 2. The zero-order chi connectivity index (χ0) is 10.6. The van der Waals surface area contributed by atoms with Gasteiger partial charge in [0.25, 0.3) is 0 Å². The van der Waals surface area contributed by atoms with Crippen LogP contribution in [-0.2, 0) is 17.9 Å². The van der Waals surface area contributed by atoms with E-state index < -0.39 is 0 Å². The number of hydrogen-bond acceptors (Lipinski definition) is 2. The van der Waals surface area contributed by atoms with Gasteiger partial charge >= 0.3 is 0 Å². The highest BCUT2D eigenvalue weighted by Crippen LogP contribution is 2.14. The lowest BCUT2D eigenvalue weighted by atomic mass is 10.4. The average Bonchev–Trinajstić information content (AvgIpc) is 2.55. The van der Waals surface area contributed by atoms with Crippen LogP contribution in [0.5, 0.6) is 0 Å². The summed E-state index contributed by atoms with van der Waals surface area (Å²) in [7, 11) is 0. The molecule has 0 unspecified atom stereocenters. The highest BCUT2D eigenvalue weighted by molar-refractivity contribution is 9.10. The van der Waals surface area contributed by atoms with Gasteiger partial charge in [0.1, 0.15) is 0 Å². The molecule has 1 aromatic heterocycles. The number of carbonyl (C=O) groups excluding carboxylic acids is 1. The molecule has 0 radical (unpaired) electrons. The zero-order valence-corrected chi connectivity index (χ0v) is 9.97. The molecule has 1 rings (SSSR count). The molecule has 0 saturated carbocycles. The van der Waals surface area contributed by atoms with Crippen molar-refractivity contribution >= 4 is 21.8 Å². The fraction of sp³-hybridized carbons (Fsp3) is 0.556. The Kier molecular flexibility index (Phi) is 4.13. The van der Waals surface area contributed by atoms with Gasteiger partial charge in [-0.2, -0.15) is 5.10 Å². The number of hydrogen-bond donors (Lipinski definition) is 1. The first-order valence-electron chi connectivity index (χ1n) is 4.65. The minimum absolute atomic E-state index is 0.0444. The molecule has 1 amide bonds. The molecule has 0 saturated heterocycles. The van der Waals surface area contributed by atoms with E-state index in [4.69, 9.17) is 0 Å². The number of aryl methyl sites for hydroxylation is 1. The SMILES string of the molecule is CCC(=O)NCc1nn(CC)cc1Br. The highest BCUT2D eigenvalue weighted by Gasteiger charge is 2.06. The molecule has 4 nitrogen and oxygen atoms in total. The van der Waals surface area contributed by atoms with Crippen molar-refractivity contribution in [2.75, 3.05) is 0 Å². The van der Waals surface area contributed by atoms with Crippen LogP contribution < -0.4 is 5.32 Å². The summed E-state index contributed by atoms with van der Waals surface area (Å²) in [4.78, 5) is 11.0. The summed E-state index contributed by atoms with van der Waals surface area (Å²) in [6.45, 7) is 5.17. The standard InChI is InChI=1S/C9H14BrN3O/c1-3-9(14)11-5-8-7(10)6-13(4-2)12-8/h6H,3-5H2,1-2H3,(H,11,14). The van der Waals surface area contributed by atoms with E-state index in [2.05, 4.69) is 26.3 Å². The topological polar surface area (TPSA) is 46.9 Å². The molecule has 0 aliphatic heterocycles. The Balaban J connectivity index is 2.58. The molecule has 0 spiro atoms. The quantitative estimate of drug-likeness (QED) is 0.895. The van der Waals surface area contributed by atoms with E-state index in [-0.39, 0.29) is 5.91 Å². The van der Waals surface area contributed by atoms with E-state index >= 15 is 0 Å². The molecule has 78 valence electrons. The fourth-order valence-electron chi connectivity index (χ4n) is 1.03. The second-order valence-corrected chi connectivity index (χ2v) is 3.76. The Labute approximate surface area is 91.8 Å². The third-order valence-electron chi connectivity index (χ3n) is 1.89. The second kappa shape index (κ2) is 5.14. The van der Waals surface area contributed by atoms with Crippen molar-refractivity contribution in [3.05, 3.63) is 16.4 Å². The van der Waals surface area contributed by atoms with Crippen molar-refractivity contribution < 1.29 is 4.79 Å². The van der Waals surface area contributed by atoms with Crippen LogP contribution in [0.3, 0.4) is 0 Å². The summed E-state index contributed by atoms with van der Waals surface area (Å²) >= 11 is 3.40. The Bertz CT molecular complexity index is 322. The second-order valence-electron chi connectivity index (χ2n) is 2.91. The van der Waals surface area contributed by atoms with Gasteiger partial charge in [0, 0.05) is 19.2 Å². The van der Waals surface area contributed by atoms with Crippen molar-refractivity contribution in [3.8, 4) is 0 Å². The van der Waals surface area contributed by atoms with E-state index in [1.807, 2.05) is 24.7 Å². The van der Waals surface area contributed by atoms with Gasteiger partial charge in [-0.15, -0.1) is 0 Å². The number of carbonyl (C=O) groups is 1. The van der Waals surface area contributed by atoms with Crippen LogP contribution in [0, 0.1) is 0 Å². The molecular weight excluding hydrogens is 246 g/mol. The van der Waals surface area contributed by atoms with Gasteiger partial charge in [-0.3, -0.25) is 9.48 Å². The van der Waals surface area contributed by atoms with Crippen molar-refractivity contribution in [2.45, 2.75) is 33.4 Å². The van der Waals surface area contributed by atoms with Crippen LogP contribution in [0.2, 0.25) is 0 Å². The molecule has 0 aliphatic rings. The Morgan fingerprint density at radius 3 is 2.86 bits per heavy atom. The molecule has 5 heteroatoms. The first-order valence-corrected chi connectivity index (χ1v) is 5.45. The highest BCUT2D eigenvalue weighted by atomic mass is 79.9. The largest absolute Gasteiger partial charge is 0.350 e. The number of aromatic nitrogens is 2. The first kappa shape index (κ1) is 11.2. The monoisotopic (exact) mass is 259 g/mol. The molecule has 0 aliphatic carbocycles. The van der Waals surface area contributed by atoms with Crippen LogP contribution >= 0.6 is 15.9 Å². The van der Waals surface area contributed by atoms with Gasteiger partial charge < -0.3 is 5.32 Å². The molecule has 1 aromatic rings. The summed E-state index contributed by atoms with van der Waals surface area (Å²) < 4.78 is 2.77. The summed E-state index contributed by atoms with van der Waals surface area (Å²) in [6.07, 6.45) is 2.42. The van der Waals surface area contributed by atoms with Crippen LogP contribution in [0.15, 0.2) is 10.7 Å². The lowest BCUT2D eigenvalue weighted by molar-refractivity contribution is -0.120. The Morgan fingerprint density at radius 1 is 1.64 bits per heavy atom. The predicted molar refractivity (Wildman–Crippen MR) is 57.7 cm³/mol. The van der Waals surface area contributed by atoms with Gasteiger partial charge in [0.05, 0.1) is 16.7 Å². The predicted octanol–water partition coefficient (Wildman–Crippen LogP) is 1.69. The minimum Gasteiger partial charge on any atom is -0.350 e. The maximum absolute atomic E-state index is 11.0. The minimum atomic E-state index is 0.0444. The molecule has 0 fully saturated rings. The van der Waals surface area contributed by atoms with Crippen LogP contribution in [-0.4, -0.2) is 15.7 Å². The van der Waals surface area contributed by atoms with Crippen molar-refractivity contribution in [1.82, 2.24) is 15.1 Å². The average molecular weight is 260 g/mol. The molecule has 0 bridgehead atoms. The van der Waals surface area contributed by atoms with E-state index in [1.165, 1.54) is 0 Å². The molecule has 14 heavy (non-hydrogen) atoms. The van der Waals surface area contributed by atoms with Gasteiger partial charge in [0.15, 0.2) is 0 Å². The van der Waals surface area contributed by atoms with Gasteiger partial charge in [-0.05, 0) is 22.9 Å². The molecule has 0 aromatic carbocycles. The van der Waals surface area contributed by atoms with Crippen LogP contribution in [0.4, 0.5) is 0 Å². The normalized spacial score (nSPS) is 10.2. The third-order valence-corrected chi connectivity index (χ3v) is 2.55. The summed E-state index contributed by atoms with van der Waals surface area (Å²) in [6, 6.07) is 0.